The second-order valence-electron chi connectivity index (χ2n) is 5.89. The van der Waals surface area contributed by atoms with Crippen LogP contribution in [0.25, 0.3) is 0 Å². The fourth-order valence-corrected chi connectivity index (χ4v) is 3.94. The summed E-state index contributed by atoms with van der Waals surface area (Å²) in [5, 5.41) is 0.907. The summed E-state index contributed by atoms with van der Waals surface area (Å²) in [7, 11) is 0. The number of halogens is 1. The molecule has 2 nitrogen and oxygen atoms in total. The molecule has 0 aliphatic carbocycles. The summed E-state index contributed by atoms with van der Waals surface area (Å²) in [6.45, 7) is 7.00. The maximum absolute atomic E-state index is 6.44. The summed E-state index contributed by atoms with van der Waals surface area (Å²) >= 11 is 6.44. The van der Waals surface area contributed by atoms with Crippen LogP contribution in [0.1, 0.15) is 31.2 Å². The molecule has 2 aliphatic heterocycles. The van der Waals surface area contributed by atoms with Crippen molar-refractivity contribution >= 4 is 17.3 Å². The standard InChI is InChI=1S/C16H23ClN2/c1-13-6-4-8-15(17)16(13)19-11-5-10-18-9-3-2-7-14(18)12-19/h4,6,8,14H,2-3,5,7,9-12H2,1H3. The van der Waals surface area contributed by atoms with Gasteiger partial charge in [0, 0.05) is 25.7 Å². The third kappa shape index (κ3) is 2.75. The van der Waals surface area contributed by atoms with Crippen molar-refractivity contribution in [1.82, 2.24) is 4.90 Å². The predicted molar refractivity (Wildman–Crippen MR) is 82.2 cm³/mol. The smallest absolute Gasteiger partial charge is 0.0642 e. The molecule has 1 atom stereocenters. The van der Waals surface area contributed by atoms with Crippen LogP contribution in [-0.4, -0.2) is 37.1 Å². The molecular formula is C16H23ClN2. The largest absolute Gasteiger partial charge is 0.368 e. The third-order valence-electron chi connectivity index (χ3n) is 4.56. The molecule has 0 aromatic heterocycles. The number of fused-ring (bicyclic) bond motifs is 1. The first-order valence-corrected chi connectivity index (χ1v) is 7.87. The number of para-hydroxylation sites is 1. The highest BCUT2D eigenvalue weighted by atomic mass is 35.5. The van der Waals surface area contributed by atoms with E-state index < -0.39 is 0 Å². The lowest BCUT2D eigenvalue weighted by atomic mass is 10.0. The zero-order chi connectivity index (χ0) is 13.2. The molecule has 19 heavy (non-hydrogen) atoms. The van der Waals surface area contributed by atoms with E-state index in [-0.39, 0.29) is 0 Å². The van der Waals surface area contributed by atoms with E-state index in [0.29, 0.717) is 0 Å². The van der Waals surface area contributed by atoms with E-state index in [9.17, 15) is 0 Å². The molecule has 1 aromatic carbocycles. The van der Waals surface area contributed by atoms with Crippen LogP contribution >= 0.6 is 11.6 Å². The second-order valence-corrected chi connectivity index (χ2v) is 6.30. The monoisotopic (exact) mass is 278 g/mol. The molecule has 104 valence electrons. The Labute approximate surface area is 121 Å². The molecule has 2 saturated heterocycles. The molecule has 0 saturated carbocycles. The van der Waals surface area contributed by atoms with Gasteiger partial charge < -0.3 is 4.90 Å². The molecule has 0 amide bonds. The molecular weight excluding hydrogens is 256 g/mol. The van der Waals surface area contributed by atoms with Crippen molar-refractivity contribution in [3.8, 4) is 0 Å². The summed E-state index contributed by atoms with van der Waals surface area (Å²) in [4.78, 5) is 5.21. The minimum Gasteiger partial charge on any atom is -0.368 e. The van der Waals surface area contributed by atoms with Crippen molar-refractivity contribution in [3.05, 3.63) is 28.8 Å². The van der Waals surface area contributed by atoms with Crippen molar-refractivity contribution in [2.24, 2.45) is 0 Å². The van der Waals surface area contributed by atoms with Gasteiger partial charge in [0.05, 0.1) is 10.7 Å². The quantitative estimate of drug-likeness (QED) is 0.773. The fraction of sp³-hybridized carbons (Fsp3) is 0.625. The summed E-state index contributed by atoms with van der Waals surface area (Å²) < 4.78 is 0. The first-order valence-electron chi connectivity index (χ1n) is 7.50. The van der Waals surface area contributed by atoms with Crippen molar-refractivity contribution in [2.75, 3.05) is 31.1 Å². The summed E-state index contributed by atoms with van der Waals surface area (Å²) in [6, 6.07) is 6.97. The van der Waals surface area contributed by atoms with Gasteiger partial charge in [0.15, 0.2) is 0 Å². The van der Waals surface area contributed by atoms with Gasteiger partial charge in [-0.3, -0.25) is 4.90 Å². The number of hydrogen-bond donors (Lipinski definition) is 0. The lowest BCUT2D eigenvalue weighted by Crippen LogP contribution is -2.44. The van der Waals surface area contributed by atoms with Crippen LogP contribution in [0.4, 0.5) is 5.69 Å². The maximum Gasteiger partial charge on any atom is 0.0642 e. The van der Waals surface area contributed by atoms with Gasteiger partial charge in [-0.2, -0.15) is 0 Å². The molecule has 0 radical (unpaired) electrons. The van der Waals surface area contributed by atoms with Gasteiger partial charge in [0.2, 0.25) is 0 Å². The molecule has 3 heteroatoms. The Morgan fingerprint density at radius 3 is 2.79 bits per heavy atom. The van der Waals surface area contributed by atoms with Gasteiger partial charge in [-0.1, -0.05) is 30.2 Å². The van der Waals surface area contributed by atoms with Crippen molar-refractivity contribution in [2.45, 2.75) is 38.6 Å². The van der Waals surface area contributed by atoms with Crippen molar-refractivity contribution < 1.29 is 0 Å². The second kappa shape index (κ2) is 5.72. The van der Waals surface area contributed by atoms with E-state index >= 15 is 0 Å². The topological polar surface area (TPSA) is 6.48 Å². The number of anilines is 1. The first kappa shape index (κ1) is 13.3. The van der Waals surface area contributed by atoms with Gasteiger partial charge in [-0.05, 0) is 44.4 Å². The lowest BCUT2D eigenvalue weighted by Gasteiger charge is -2.36. The van der Waals surface area contributed by atoms with E-state index in [1.165, 1.54) is 50.0 Å². The minimum atomic E-state index is 0.729. The van der Waals surface area contributed by atoms with Gasteiger partial charge in [0.1, 0.15) is 0 Å². The van der Waals surface area contributed by atoms with Crippen LogP contribution in [0.5, 0.6) is 0 Å². The number of nitrogens with zero attached hydrogens (tertiary/aromatic N) is 2. The summed E-state index contributed by atoms with van der Waals surface area (Å²) in [6.07, 6.45) is 5.36. The zero-order valence-electron chi connectivity index (χ0n) is 11.7. The molecule has 2 heterocycles. The lowest BCUT2D eigenvalue weighted by molar-refractivity contribution is 0.162. The number of hydrogen-bond acceptors (Lipinski definition) is 2. The molecule has 1 unspecified atom stereocenters. The average molecular weight is 279 g/mol. The van der Waals surface area contributed by atoms with Crippen LogP contribution in [0, 0.1) is 6.92 Å². The normalized spacial score (nSPS) is 24.9. The summed E-state index contributed by atoms with van der Waals surface area (Å²) in [5.41, 5.74) is 2.56. The van der Waals surface area contributed by atoms with Gasteiger partial charge in [-0.15, -0.1) is 0 Å². The molecule has 2 aliphatic rings. The van der Waals surface area contributed by atoms with Crippen LogP contribution < -0.4 is 4.90 Å². The molecule has 0 bridgehead atoms. The molecule has 2 fully saturated rings. The Morgan fingerprint density at radius 1 is 1.11 bits per heavy atom. The minimum absolute atomic E-state index is 0.729. The van der Waals surface area contributed by atoms with Gasteiger partial charge in [0.25, 0.3) is 0 Å². The zero-order valence-corrected chi connectivity index (χ0v) is 12.5. The van der Waals surface area contributed by atoms with E-state index in [0.717, 1.165) is 24.2 Å². The Morgan fingerprint density at radius 2 is 1.95 bits per heavy atom. The van der Waals surface area contributed by atoms with Gasteiger partial charge >= 0.3 is 0 Å². The Hall–Kier alpha value is -0.730. The Balaban J connectivity index is 1.84. The first-order chi connectivity index (χ1) is 9.25. The van der Waals surface area contributed by atoms with Crippen LogP contribution in [0.15, 0.2) is 18.2 Å². The Bertz CT molecular complexity index is 426. The average Bonchev–Trinajstić information content (AvgIpc) is 2.60. The predicted octanol–water partition coefficient (Wildman–Crippen LogP) is 3.71. The number of piperidine rings is 1. The maximum atomic E-state index is 6.44. The van der Waals surface area contributed by atoms with E-state index in [1.807, 2.05) is 12.1 Å². The van der Waals surface area contributed by atoms with Crippen molar-refractivity contribution in [3.63, 3.8) is 0 Å². The van der Waals surface area contributed by atoms with Crippen LogP contribution in [0.3, 0.4) is 0 Å². The molecule has 0 spiro atoms. The summed E-state index contributed by atoms with van der Waals surface area (Å²) in [5.74, 6) is 0. The Kier molecular flexibility index (Phi) is 3.99. The van der Waals surface area contributed by atoms with E-state index in [4.69, 9.17) is 11.6 Å². The molecule has 1 aromatic rings. The number of benzene rings is 1. The fourth-order valence-electron chi connectivity index (χ4n) is 3.60. The highest BCUT2D eigenvalue weighted by Crippen LogP contribution is 2.32. The highest BCUT2D eigenvalue weighted by molar-refractivity contribution is 6.33. The van der Waals surface area contributed by atoms with E-state index in [1.54, 1.807) is 0 Å². The molecule has 0 N–H and O–H groups in total. The molecule has 3 rings (SSSR count). The third-order valence-corrected chi connectivity index (χ3v) is 4.86. The number of rotatable bonds is 1. The van der Waals surface area contributed by atoms with Crippen LogP contribution in [0.2, 0.25) is 5.02 Å². The number of aryl methyl sites for hydroxylation is 1. The SMILES string of the molecule is Cc1cccc(Cl)c1N1CCCN2CCCCC2C1. The van der Waals surface area contributed by atoms with Crippen LogP contribution in [-0.2, 0) is 0 Å². The highest BCUT2D eigenvalue weighted by Gasteiger charge is 2.28. The van der Waals surface area contributed by atoms with Gasteiger partial charge in [-0.25, -0.2) is 0 Å². The van der Waals surface area contributed by atoms with E-state index in [2.05, 4.69) is 22.8 Å². The van der Waals surface area contributed by atoms with Crippen molar-refractivity contribution in [1.29, 1.82) is 0 Å².